The average Bonchev–Trinajstić information content (AvgIpc) is 2.73. The number of alkyl halides is 1. The topological polar surface area (TPSA) is 17.1 Å². The molecule has 186 valence electrons. The summed E-state index contributed by atoms with van der Waals surface area (Å²) in [7, 11) is 0. The van der Waals surface area contributed by atoms with Gasteiger partial charge in [0.2, 0.25) is 0 Å². The number of hydrogen-bond acceptors (Lipinski definition) is 1. The molecule has 4 saturated carbocycles. The van der Waals surface area contributed by atoms with E-state index >= 15 is 0 Å². The van der Waals surface area contributed by atoms with Gasteiger partial charge in [-0.25, -0.2) is 0 Å². The van der Waals surface area contributed by atoms with E-state index in [-0.39, 0.29) is 16.2 Å². The summed E-state index contributed by atoms with van der Waals surface area (Å²) in [5, 5.41) is 0.312. The highest BCUT2D eigenvalue weighted by atomic mass is 35.5. The second-order valence-electron chi connectivity index (χ2n) is 15.1. The molecule has 0 amide bonds. The van der Waals surface area contributed by atoms with Crippen molar-refractivity contribution in [2.24, 2.45) is 50.2 Å². The summed E-state index contributed by atoms with van der Waals surface area (Å²) in [5.41, 5.74) is 3.23. The summed E-state index contributed by atoms with van der Waals surface area (Å²) in [5.74, 6) is 2.46. The lowest BCUT2D eigenvalue weighted by molar-refractivity contribution is -0.179. The first-order valence-electron chi connectivity index (χ1n) is 14.0. The average molecular weight is 473 g/mol. The second kappa shape index (κ2) is 7.14. The highest BCUT2D eigenvalue weighted by molar-refractivity contribution is 6.21. The zero-order chi connectivity index (χ0) is 24.2. The summed E-state index contributed by atoms with van der Waals surface area (Å²) in [6, 6.07) is 0. The fraction of sp³-hybridized carbons (Fsp3) is 0.903. The molecule has 2 heteroatoms. The number of Topliss-reactive ketones (excluding diaryl/α,β-unsaturated/α-hetero) is 1. The largest absolute Gasteiger partial charge is 0.299 e. The maximum absolute atomic E-state index is 12.7. The monoisotopic (exact) mass is 472 g/mol. The SMILES string of the molecule is CC(=O)[C@@]1(C)CC[C@]2(C)CC[C@@]3(C)C(=CCC4[C@@]5(C)CC[C@H](Cl)C(C)(C)C5CC[C@]43C)C2C1. The predicted octanol–water partition coefficient (Wildman–Crippen LogP) is 8.98. The van der Waals surface area contributed by atoms with Crippen molar-refractivity contribution in [2.75, 3.05) is 0 Å². The highest BCUT2D eigenvalue weighted by Gasteiger charge is 2.68. The fourth-order valence-electron chi connectivity index (χ4n) is 10.6. The smallest absolute Gasteiger partial charge is 0.135 e. The number of ketones is 1. The standard InChI is InChI=1S/C31H49ClO/c1-20(33)28(5)16-15-27(4)17-18-30(7)21(22(27)19-28)9-10-24-29(6)13-12-25(32)26(2,3)23(29)11-14-31(24,30)8/h9,22-25H,10-19H2,1-8H3/t22?,23?,24?,25-,27+,28-,29-,30-,31+/m0/s1. The van der Waals surface area contributed by atoms with Crippen LogP contribution >= 0.6 is 11.6 Å². The molecule has 0 bridgehead atoms. The van der Waals surface area contributed by atoms with E-state index in [1.807, 2.05) is 6.92 Å². The Morgan fingerprint density at radius 1 is 0.879 bits per heavy atom. The van der Waals surface area contributed by atoms with Gasteiger partial charge in [-0.05, 0) is 116 Å². The number of halogens is 1. The van der Waals surface area contributed by atoms with E-state index in [9.17, 15) is 4.79 Å². The predicted molar refractivity (Wildman–Crippen MR) is 139 cm³/mol. The Kier molecular flexibility index (Phi) is 5.28. The molecule has 0 aromatic rings. The second-order valence-corrected chi connectivity index (χ2v) is 15.7. The van der Waals surface area contributed by atoms with E-state index in [1.54, 1.807) is 5.57 Å². The molecule has 0 aromatic carbocycles. The van der Waals surface area contributed by atoms with Crippen molar-refractivity contribution < 1.29 is 4.79 Å². The molecular weight excluding hydrogens is 424 g/mol. The minimum absolute atomic E-state index is 0.132. The number of carbonyl (C=O) groups is 1. The molecule has 5 aliphatic carbocycles. The van der Waals surface area contributed by atoms with Crippen molar-refractivity contribution >= 4 is 17.4 Å². The van der Waals surface area contributed by atoms with Crippen LogP contribution in [0.4, 0.5) is 0 Å². The lowest BCUT2D eigenvalue weighted by atomic mass is 9.33. The van der Waals surface area contributed by atoms with Crippen LogP contribution in [0.1, 0.15) is 120 Å². The maximum atomic E-state index is 12.7. The van der Waals surface area contributed by atoms with Crippen LogP contribution in [0.25, 0.3) is 0 Å². The molecule has 0 saturated heterocycles. The Morgan fingerprint density at radius 3 is 2.21 bits per heavy atom. The molecule has 0 aliphatic heterocycles. The first-order valence-corrected chi connectivity index (χ1v) is 14.4. The molecule has 0 heterocycles. The molecule has 33 heavy (non-hydrogen) atoms. The first-order chi connectivity index (χ1) is 15.1. The maximum Gasteiger partial charge on any atom is 0.135 e. The van der Waals surface area contributed by atoms with E-state index in [0.717, 1.165) is 24.7 Å². The first kappa shape index (κ1) is 24.4. The van der Waals surface area contributed by atoms with Gasteiger partial charge in [0.25, 0.3) is 0 Å². The quantitative estimate of drug-likeness (QED) is 0.275. The van der Waals surface area contributed by atoms with Gasteiger partial charge < -0.3 is 0 Å². The third kappa shape index (κ3) is 2.99. The van der Waals surface area contributed by atoms with Gasteiger partial charge in [-0.1, -0.05) is 60.1 Å². The summed E-state index contributed by atoms with van der Waals surface area (Å²) in [6.45, 7) is 19.5. The molecule has 0 aromatic heterocycles. The van der Waals surface area contributed by atoms with Gasteiger partial charge in [-0.2, -0.15) is 0 Å². The van der Waals surface area contributed by atoms with Gasteiger partial charge in [-0.3, -0.25) is 4.79 Å². The van der Waals surface area contributed by atoms with E-state index in [4.69, 9.17) is 11.6 Å². The van der Waals surface area contributed by atoms with Crippen LogP contribution in [-0.4, -0.2) is 11.2 Å². The number of hydrogen-bond donors (Lipinski definition) is 0. The molecule has 3 unspecified atom stereocenters. The molecule has 4 fully saturated rings. The zero-order valence-corrected chi connectivity index (χ0v) is 23.5. The fourth-order valence-corrected chi connectivity index (χ4v) is 10.9. The minimum Gasteiger partial charge on any atom is -0.299 e. The van der Waals surface area contributed by atoms with E-state index in [2.05, 4.69) is 54.5 Å². The van der Waals surface area contributed by atoms with Gasteiger partial charge in [0, 0.05) is 10.8 Å². The third-order valence-corrected chi connectivity index (χ3v) is 14.4. The molecule has 0 spiro atoms. The van der Waals surface area contributed by atoms with Crippen LogP contribution in [0.5, 0.6) is 0 Å². The number of allylic oxidation sites excluding steroid dienone is 2. The molecule has 1 nitrogen and oxygen atoms in total. The Balaban J connectivity index is 1.57. The summed E-state index contributed by atoms with van der Waals surface area (Å²) < 4.78 is 0. The Bertz CT molecular complexity index is 887. The van der Waals surface area contributed by atoms with Gasteiger partial charge >= 0.3 is 0 Å². The molecule has 9 atom stereocenters. The number of carbonyl (C=O) groups excluding carboxylic acids is 1. The summed E-state index contributed by atoms with van der Waals surface area (Å²) in [6.07, 6.45) is 15.1. The Labute approximate surface area is 208 Å². The highest BCUT2D eigenvalue weighted by Crippen LogP contribution is 2.75. The van der Waals surface area contributed by atoms with Crippen LogP contribution in [0.15, 0.2) is 11.6 Å². The molecule has 5 rings (SSSR count). The van der Waals surface area contributed by atoms with Crippen LogP contribution in [0.3, 0.4) is 0 Å². The van der Waals surface area contributed by atoms with Crippen molar-refractivity contribution in [1.29, 1.82) is 0 Å². The minimum atomic E-state index is -0.132. The van der Waals surface area contributed by atoms with Gasteiger partial charge in [-0.15, -0.1) is 11.6 Å². The van der Waals surface area contributed by atoms with Gasteiger partial charge in [0.1, 0.15) is 5.78 Å². The summed E-state index contributed by atoms with van der Waals surface area (Å²) >= 11 is 6.94. The van der Waals surface area contributed by atoms with Crippen LogP contribution in [0.2, 0.25) is 0 Å². The van der Waals surface area contributed by atoms with Crippen molar-refractivity contribution in [2.45, 2.75) is 125 Å². The van der Waals surface area contributed by atoms with E-state index < -0.39 is 0 Å². The van der Waals surface area contributed by atoms with Crippen LogP contribution in [0, 0.1) is 50.2 Å². The normalized spacial score (nSPS) is 55.4. The van der Waals surface area contributed by atoms with Crippen LogP contribution < -0.4 is 0 Å². The van der Waals surface area contributed by atoms with Crippen molar-refractivity contribution in [1.82, 2.24) is 0 Å². The van der Waals surface area contributed by atoms with Gasteiger partial charge in [0.15, 0.2) is 0 Å². The van der Waals surface area contributed by atoms with Crippen molar-refractivity contribution in [3.63, 3.8) is 0 Å². The number of fused-ring (bicyclic) bond motifs is 7. The molecule has 0 N–H and O–H groups in total. The van der Waals surface area contributed by atoms with Crippen molar-refractivity contribution in [3.05, 3.63) is 11.6 Å². The molecule has 5 aliphatic rings. The third-order valence-electron chi connectivity index (χ3n) is 13.6. The zero-order valence-electron chi connectivity index (χ0n) is 22.7. The number of rotatable bonds is 1. The lowest BCUT2D eigenvalue weighted by Crippen LogP contribution is -2.64. The van der Waals surface area contributed by atoms with Gasteiger partial charge in [0.05, 0.1) is 0 Å². The molecule has 0 radical (unpaired) electrons. The van der Waals surface area contributed by atoms with Crippen molar-refractivity contribution in [3.8, 4) is 0 Å². The van der Waals surface area contributed by atoms with E-state index in [0.29, 0.717) is 33.3 Å². The Hall–Kier alpha value is -0.300. The van der Waals surface area contributed by atoms with E-state index in [1.165, 1.54) is 51.4 Å². The molecular formula is C31H49ClO. The Morgan fingerprint density at radius 2 is 1.55 bits per heavy atom. The lowest BCUT2D eigenvalue weighted by Gasteiger charge is -2.71. The van der Waals surface area contributed by atoms with Crippen LogP contribution in [-0.2, 0) is 4.79 Å². The summed E-state index contributed by atoms with van der Waals surface area (Å²) in [4.78, 5) is 12.7.